The fraction of sp³-hybridized carbons (Fsp3) is 0.385. The van der Waals surface area contributed by atoms with Gasteiger partial charge < -0.3 is 0 Å². The lowest BCUT2D eigenvalue weighted by Crippen LogP contribution is -1.82. The summed E-state index contributed by atoms with van der Waals surface area (Å²) < 4.78 is 0. The van der Waals surface area contributed by atoms with Crippen molar-refractivity contribution in [1.82, 2.24) is 0 Å². The van der Waals surface area contributed by atoms with Crippen LogP contribution in [0.1, 0.15) is 68.2 Å². The van der Waals surface area contributed by atoms with Gasteiger partial charge in [-0.3, -0.25) is 0 Å². The Kier molecular flexibility index (Phi) is 11.3. The van der Waals surface area contributed by atoms with Crippen LogP contribution in [0.3, 0.4) is 0 Å². The average Bonchev–Trinajstić information content (AvgIpc) is 2.66. The molecule has 0 heteroatoms. The van der Waals surface area contributed by atoms with E-state index in [2.05, 4.69) is 88.4 Å². The first-order valence-corrected chi connectivity index (χ1v) is 9.39. The van der Waals surface area contributed by atoms with Crippen LogP contribution in [0.25, 0.3) is 32.3 Å². The molecule has 26 heavy (non-hydrogen) atoms. The molecule has 0 radical (unpaired) electrons. The Bertz CT molecular complexity index is 720. The second kappa shape index (κ2) is 12.3. The van der Waals surface area contributed by atoms with Gasteiger partial charge in [0.1, 0.15) is 0 Å². The Labute approximate surface area is 161 Å². The number of unbranched alkanes of at least 4 members (excludes halogenated alkanes) is 2. The van der Waals surface area contributed by atoms with Crippen LogP contribution in [-0.4, -0.2) is 0 Å². The summed E-state index contributed by atoms with van der Waals surface area (Å²) in [6.45, 7) is 8.72. The zero-order valence-electron chi connectivity index (χ0n) is 15.6. The highest BCUT2D eigenvalue weighted by atomic mass is 14.1. The van der Waals surface area contributed by atoms with Gasteiger partial charge in [0, 0.05) is 0 Å². The number of hydrogen-bond donors (Lipinski definition) is 0. The molecule has 142 valence electrons. The van der Waals surface area contributed by atoms with Crippen LogP contribution in [0.4, 0.5) is 0 Å². The Morgan fingerprint density at radius 2 is 0.654 bits per heavy atom. The maximum absolute atomic E-state index is 2.21. The fourth-order valence-electron chi connectivity index (χ4n) is 2.67. The van der Waals surface area contributed by atoms with Gasteiger partial charge in [-0.15, -0.1) is 0 Å². The Balaban J connectivity index is 0.000000543. The van der Waals surface area contributed by atoms with Gasteiger partial charge in [0.25, 0.3) is 0 Å². The van der Waals surface area contributed by atoms with Crippen molar-refractivity contribution in [2.24, 2.45) is 0 Å². The minimum atomic E-state index is 0. The molecule has 0 saturated heterocycles. The monoisotopic (exact) mass is 350 g/mol. The molecular weight excluding hydrogens is 312 g/mol. The third kappa shape index (κ3) is 5.46. The molecule has 0 heterocycles. The van der Waals surface area contributed by atoms with Crippen molar-refractivity contribution in [3.8, 4) is 0 Å². The molecule has 4 aromatic carbocycles. The molecule has 0 atom stereocenters. The minimum absolute atomic E-state index is 0. The zero-order valence-corrected chi connectivity index (χ0v) is 15.6. The van der Waals surface area contributed by atoms with Crippen LogP contribution in [0, 0.1) is 0 Å². The van der Waals surface area contributed by atoms with Crippen LogP contribution in [0.5, 0.6) is 0 Å². The highest BCUT2D eigenvalue weighted by Crippen LogP contribution is 2.33. The van der Waals surface area contributed by atoms with Crippen LogP contribution in [0.2, 0.25) is 0 Å². The van der Waals surface area contributed by atoms with Gasteiger partial charge in [0.15, 0.2) is 0 Å². The van der Waals surface area contributed by atoms with Crippen molar-refractivity contribution < 1.29 is 0 Å². The van der Waals surface area contributed by atoms with Crippen LogP contribution >= 0.6 is 0 Å². The van der Waals surface area contributed by atoms with E-state index in [1.807, 2.05) is 0 Å². The molecule has 0 bridgehead atoms. The molecule has 4 rings (SSSR count). The Morgan fingerprint density at radius 1 is 0.423 bits per heavy atom. The second-order valence-corrected chi connectivity index (χ2v) is 6.29. The minimum Gasteiger partial charge on any atom is -0.0776 e. The third-order valence-corrected chi connectivity index (χ3v) is 4.39. The molecule has 0 spiro atoms. The quantitative estimate of drug-likeness (QED) is 0.316. The first-order chi connectivity index (χ1) is 11.8. The molecule has 0 aromatic heterocycles. The normalized spacial score (nSPS) is 9.54. The summed E-state index contributed by atoms with van der Waals surface area (Å²) in [5.74, 6) is 0. The van der Waals surface area contributed by atoms with E-state index in [-0.39, 0.29) is 14.9 Å². The highest BCUT2D eigenvalue weighted by Gasteiger charge is 2.05. The molecule has 0 N–H and O–H groups in total. The third-order valence-electron chi connectivity index (χ3n) is 4.39. The lowest BCUT2D eigenvalue weighted by atomic mass is 9.95. The largest absolute Gasteiger partial charge is 0.0776 e. The smallest absolute Gasteiger partial charge is 0.00268 e. The van der Waals surface area contributed by atoms with Gasteiger partial charge in [-0.25, -0.2) is 0 Å². The van der Waals surface area contributed by atoms with Gasteiger partial charge in [0.2, 0.25) is 0 Å². The molecule has 0 aliphatic heterocycles. The summed E-state index contributed by atoms with van der Waals surface area (Å²) in [6.07, 6.45) is 5.28. The van der Waals surface area contributed by atoms with Crippen molar-refractivity contribution in [3.05, 3.63) is 60.7 Å². The second-order valence-electron chi connectivity index (χ2n) is 6.29. The van der Waals surface area contributed by atoms with E-state index in [0.29, 0.717) is 0 Å². The summed E-state index contributed by atoms with van der Waals surface area (Å²) in [5, 5.41) is 8.14. The molecule has 4 aromatic rings. The molecule has 0 saturated carbocycles. The van der Waals surface area contributed by atoms with Crippen molar-refractivity contribution >= 4 is 32.3 Å². The number of benzene rings is 4. The first kappa shape index (κ1) is 23.9. The van der Waals surface area contributed by atoms with Gasteiger partial charge in [-0.05, 0) is 32.3 Å². The Hall–Kier alpha value is -2.08. The van der Waals surface area contributed by atoms with Crippen molar-refractivity contribution in [2.75, 3.05) is 0 Å². The van der Waals surface area contributed by atoms with E-state index in [1.54, 1.807) is 0 Å². The Morgan fingerprint density at radius 3 is 0.846 bits per heavy atom. The molecule has 0 fully saturated rings. The van der Waals surface area contributed by atoms with Gasteiger partial charge >= 0.3 is 0 Å². The summed E-state index contributed by atoms with van der Waals surface area (Å²) in [4.78, 5) is 0. The molecular formula is C26H38. The van der Waals surface area contributed by atoms with Gasteiger partial charge in [-0.2, -0.15) is 0 Å². The highest BCUT2D eigenvalue weighted by molar-refractivity contribution is 6.22. The van der Waals surface area contributed by atoms with E-state index in [4.69, 9.17) is 0 Å². The van der Waals surface area contributed by atoms with Crippen molar-refractivity contribution in [1.29, 1.82) is 0 Å². The lowest BCUT2D eigenvalue weighted by Gasteiger charge is -2.09. The predicted octanol–water partition coefficient (Wildman–Crippen LogP) is 9.47. The lowest BCUT2D eigenvalue weighted by molar-refractivity contribution is 0.886. The van der Waals surface area contributed by atoms with E-state index in [0.717, 1.165) is 0 Å². The topological polar surface area (TPSA) is 0 Å². The number of hydrogen-bond acceptors (Lipinski definition) is 0. The number of rotatable bonds is 2. The summed E-state index contributed by atoms with van der Waals surface area (Å²) in [5.41, 5.74) is 0. The van der Waals surface area contributed by atoms with E-state index in [9.17, 15) is 0 Å². The molecule has 0 aliphatic carbocycles. The standard InChI is InChI=1S/C16H10.2C4H10.2CH4/c1-3-11-7-9-13-5-2-6-14-10-8-12(4-1)15(11)16(13)14;2*1-3-4-2;;/h1-10H;2*3-4H2,1-2H3;2*1H4. The average molecular weight is 351 g/mol. The summed E-state index contributed by atoms with van der Waals surface area (Å²) >= 11 is 0. The predicted molar refractivity (Wildman–Crippen MR) is 125 cm³/mol. The first-order valence-electron chi connectivity index (χ1n) is 9.39. The maximum atomic E-state index is 2.21. The zero-order chi connectivity index (χ0) is 17.4. The van der Waals surface area contributed by atoms with Crippen molar-refractivity contribution in [2.45, 2.75) is 68.2 Å². The van der Waals surface area contributed by atoms with Crippen LogP contribution in [0.15, 0.2) is 60.7 Å². The SMILES string of the molecule is C.C.CCCC.CCCC.c1cc2ccc3cccc4ccc(c1)c2c34. The van der Waals surface area contributed by atoms with Crippen LogP contribution in [-0.2, 0) is 0 Å². The molecule has 0 unspecified atom stereocenters. The van der Waals surface area contributed by atoms with Gasteiger partial charge in [-0.1, -0.05) is 129 Å². The van der Waals surface area contributed by atoms with Crippen LogP contribution < -0.4 is 0 Å². The van der Waals surface area contributed by atoms with Crippen molar-refractivity contribution in [3.63, 3.8) is 0 Å². The molecule has 0 amide bonds. The van der Waals surface area contributed by atoms with E-state index >= 15 is 0 Å². The summed E-state index contributed by atoms with van der Waals surface area (Å²) in [6, 6.07) is 21.9. The van der Waals surface area contributed by atoms with E-state index in [1.165, 1.54) is 58.0 Å². The fourth-order valence-corrected chi connectivity index (χ4v) is 2.67. The van der Waals surface area contributed by atoms with Gasteiger partial charge in [0.05, 0.1) is 0 Å². The molecule has 0 nitrogen and oxygen atoms in total. The maximum Gasteiger partial charge on any atom is -0.00268 e. The molecule has 0 aliphatic rings. The summed E-state index contributed by atoms with van der Waals surface area (Å²) in [7, 11) is 0. The van der Waals surface area contributed by atoms with E-state index < -0.39 is 0 Å².